The van der Waals surface area contributed by atoms with E-state index in [1.807, 2.05) is 0 Å². The lowest BCUT2D eigenvalue weighted by Crippen LogP contribution is -2.35. The van der Waals surface area contributed by atoms with Gasteiger partial charge in [-0.3, -0.25) is 9.59 Å². The molecule has 1 fully saturated rings. The van der Waals surface area contributed by atoms with Gasteiger partial charge in [0.15, 0.2) is 0 Å². The molecule has 2 amide bonds. The summed E-state index contributed by atoms with van der Waals surface area (Å²) in [6.07, 6.45) is 5.42. The number of carbonyl (C=O) groups excluding carboxylic acids is 2. The van der Waals surface area contributed by atoms with Gasteiger partial charge >= 0.3 is 0 Å². The number of nitrogens with two attached hydrogens (primary N) is 1. The fourth-order valence-corrected chi connectivity index (χ4v) is 7.24. The zero-order valence-electron chi connectivity index (χ0n) is 17.5. The predicted molar refractivity (Wildman–Crippen MR) is 121 cm³/mol. The summed E-state index contributed by atoms with van der Waals surface area (Å²) in [5, 5.41) is 3.29. The molecule has 9 heteroatoms. The number of hydrogen-bond donors (Lipinski definition) is 2. The molecule has 0 spiro atoms. The zero-order valence-corrected chi connectivity index (χ0v) is 19.2. The Labute approximate surface area is 186 Å². The molecule has 3 N–H and O–H groups in total. The molecule has 2 aliphatic rings. The molecule has 1 aliphatic heterocycles. The zero-order chi connectivity index (χ0) is 22.2. The fraction of sp³-hybridized carbons (Fsp3) is 0.455. The SMILES string of the molecule is C[C@@H]1CCc2c(sc(NC(=O)c3ccc(S(=O)(=O)N4CCCCC4)cc3)c2C(N)=O)C1. The van der Waals surface area contributed by atoms with Crippen molar-refractivity contribution in [1.29, 1.82) is 0 Å². The fourth-order valence-electron chi connectivity index (χ4n) is 4.31. The van der Waals surface area contributed by atoms with Crippen molar-refractivity contribution < 1.29 is 18.0 Å². The van der Waals surface area contributed by atoms with Crippen LogP contribution >= 0.6 is 11.3 Å². The molecular weight excluding hydrogens is 434 g/mol. The van der Waals surface area contributed by atoms with Crippen LogP contribution < -0.4 is 11.1 Å². The van der Waals surface area contributed by atoms with Crippen molar-refractivity contribution in [3.63, 3.8) is 0 Å². The average molecular weight is 462 g/mol. The first-order valence-corrected chi connectivity index (χ1v) is 12.9. The molecule has 2 aromatic rings. The van der Waals surface area contributed by atoms with Gasteiger partial charge in [-0.1, -0.05) is 13.3 Å². The molecule has 0 unspecified atom stereocenters. The van der Waals surface area contributed by atoms with Crippen molar-refractivity contribution in [3.8, 4) is 0 Å². The second kappa shape index (κ2) is 8.72. The molecule has 1 aromatic carbocycles. The molecule has 1 aliphatic carbocycles. The minimum absolute atomic E-state index is 0.185. The quantitative estimate of drug-likeness (QED) is 0.711. The first kappa shape index (κ1) is 22.0. The van der Waals surface area contributed by atoms with E-state index in [-0.39, 0.29) is 4.90 Å². The van der Waals surface area contributed by atoms with Gasteiger partial charge in [0, 0.05) is 23.5 Å². The van der Waals surface area contributed by atoms with E-state index in [1.165, 1.54) is 39.9 Å². The van der Waals surface area contributed by atoms with E-state index in [0.717, 1.165) is 49.0 Å². The van der Waals surface area contributed by atoms with Gasteiger partial charge in [0.2, 0.25) is 10.0 Å². The van der Waals surface area contributed by atoms with Crippen molar-refractivity contribution >= 4 is 38.2 Å². The average Bonchev–Trinajstić information content (AvgIpc) is 3.11. The van der Waals surface area contributed by atoms with E-state index < -0.39 is 21.8 Å². The van der Waals surface area contributed by atoms with Gasteiger partial charge in [0.25, 0.3) is 11.8 Å². The van der Waals surface area contributed by atoms with Crippen molar-refractivity contribution in [1.82, 2.24) is 4.31 Å². The van der Waals surface area contributed by atoms with Crippen LogP contribution in [0, 0.1) is 5.92 Å². The molecule has 0 radical (unpaired) electrons. The van der Waals surface area contributed by atoms with E-state index in [2.05, 4.69) is 12.2 Å². The summed E-state index contributed by atoms with van der Waals surface area (Å²) in [7, 11) is -3.55. The maximum absolute atomic E-state index is 12.8. The number of thiophene rings is 1. The number of fused-ring (bicyclic) bond motifs is 1. The van der Waals surface area contributed by atoms with E-state index in [1.54, 1.807) is 0 Å². The van der Waals surface area contributed by atoms with Crippen LogP contribution in [0.5, 0.6) is 0 Å². The third kappa shape index (κ3) is 4.40. The van der Waals surface area contributed by atoms with Crippen molar-refractivity contribution in [2.75, 3.05) is 18.4 Å². The number of anilines is 1. The normalized spacial score (nSPS) is 19.6. The number of benzene rings is 1. The lowest BCUT2D eigenvalue weighted by atomic mass is 9.88. The van der Waals surface area contributed by atoms with Crippen LogP contribution in [0.4, 0.5) is 5.00 Å². The molecule has 7 nitrogen and oxygen atoms in total. The molecule has 1 saturated heterocycles. The number of hydrogen-bond acceptors (Lipinski definition) is 5. The van der Waals surface area contributed by atoms with Crippen LogP contribution in [0.1, 0.15) is 63.8 Å². The van der Waals surface area contributed by atoms with Crippen LogP contribution in [0.15, 0.2) is 29.2 Å². The molecule has 4 rings (SSSR count). The smallest absolute Gasteiger partial charge is 0.256 e. The third-order valence-electron chi connectivity index (χ3n) is 6.05. The number of rotatable bonds is 5. The van der Waals surface area contributed by atoms with Gasteiger partial charge < -0.3 is 11.1 Å². The Bertz CT molecular complexity index is 1100. The van der Waals surface area contributed by atoms with E-state index >= 15 is 0 Å². The van der Waals surface area contributed by atoms with Crippen LogP contribution in [-0.4, -0.2) is 37.6 Å². The van der Waals surface area contributed by atoms with E-state index in [0.29, 0.717) is 35.1 Å². The highest BCUT2D eigenvalue weighted by atomic mass is 32.2. The number of nitrogens with zero attached hydrogens (tertiary/aromatic N) is 1. The standard InChI is InChI=1S/C22H27N3O4S2/c1-14-5-10-17-18(13-14)30-22(19(17)20(23)26)24-21(27)15-6-8-16(9-7-15)31(28,29)25-11-3-2-4-12-25/h6-9,14H,2-5,10-13H2,1H3,(H2,23,26)(H,24,27)/t14-/m1/s1. The lowest BCUT2D eigenvalue weighted by Gasteiger charge is -2.25. The maximum atomic E-state index is 12.8. The Morgan fingerprint density at radius 3 is 2.45 bits per heavy atom. The number of carbonyl (C=O) groups is 2. The Morgan fingerprint density at radius 2 is 1.81 bits per heavy atom. The molecule has 1 aromatic heterocycles. The summed E-state index contributed by atoms with van der Waals surface area (Å²) >= 11 is 1.41. The van der Waals surface area contributed by atoms with Gasteiger partial charge in [0.1, 0.15) is 5.00 Å². The monoisotopic (exact) mass is 461 g/mol. The maximum Gasteiger partial charge on any atom is 0.256 e. The first-order chi connectivity index (χ1) is 14.8. The van der Waals surface area contributed by atoms with Crippen molar-refractivity contribution in [3.05, 3.63) is 45.8 Å². The minimum Gasteiger partial charge on any atom is -0.365 e. The van der Waals surface area contributed by atoms with Gasteiger partial charge in [-0.2, -0.15) is 4.31 Å². The van der Waals surface area contributed by atoms with Crippen molar-refractivity contribution in [2.45, 2.75) is 50.3 Å². The topological polar surface area (TPSA) is 110 Å². The Hall–Kier alpha value is -2.23. The Balaban J connectivity index is 1.54. The second-order valence-electron chi connectivity index (χ2n) is 8.36. The number of nitrogens with one attached hydrogen (secondary N) is 1. The Kier molecular flexibility index (Phi) is 6.18. The number of sulfonamides is 1. The summed E-state index contributed by atoms with van der Waals surface area (Å²) in [6, 6.07) is 5.95. The van der Waals surface area contributed by atoms with Gasteiger partial charge in [-0.05, 0) is 67.9 Å². The highest BCUT2D eigenvalue weighted by molar-refractivity contribution is 7.89. The molecule has 1 atom stereocenters. The van der Waals surface area contributed by atoms with Crippen LogP contribution in [0.2, 0.25) is 0 Å². The molecule has 166 valence electrons. The van der Waals surface area contributed by atoms with E-state index in [4.69, 9.17) is 5.73 Å². The summed E-state index contributed by atoms with van der Waals surface area (Å²) in [6.45, 7) is 3.23. The van der Waals surface area contributed by atoms with Crippen LogP contribution in [0.25, 0.3) is 0 Å². The lowest BCUT2D eigenvalue weighted by molar-refractivity contribution is 0.1000. The van der Waals surface area contributed by atoms with Gasteiger partial charge in [0.05, 0.1) is 10.5 Å². The molecule has 0 bridgehead atoms. The van der Waals surface area contributed by atoms with Gasteiger partial charge in [-0.25, -0.2) is 8.42 Å². The molecule has 31 heavy (non-hydrogen) atoms. The minimum atomic E-state index is -3.55. The second-order valence-corrected chi connectivity index (χ2v) is 11.4. The predicted octanol–water partition coefficient (Wildman–Crippen LogP) is 3.40. The first-order valence-electron chi connectivity index (χ1n) is 10.6. The highest BCUT2D eigenvalue weighted by Gasteiger charge is 2.28. The summed E-state index contributed by atoms with van der Waals surface area (Å²) in [4.78, 5) is 26.2. The summed E-state index contributed by atoms with van der Waals surface area (Å²) in [5.74, 6) is -0.397. The third-order valence-corrected chi connectivity index (χ3v) is 9.14. The molecule has 0 saturated carbocycles. The van der Waals surface area contributed by atoms with Gasteiger partial charge in [-0.15, -0.1) is 11.3 Å². The number of amides is 2. The number of piperidine rings is 1. The van der Waals surface area contributed by atoms with Crippen LogP contribution in [0.3, 0.4) is 0 Å². The van der Waals surface area contributed by atoms with E-state index in [9.17, 15) is 18.0 Å². The van der Waals surface area contributed by atoms with Crippen LogP contribution in [-0.2, 0) is 22.9 Å². The molecule has 2 heterocycles. The summed E-state index contributed by atoms with van der Waals surface area (Å²) in [5.41, 5.74) is 7.30. The number of primary amides is 1. The highest BCUT2D eigenvalue weighted by Crippen LogP contribution is 2.39. The summed E-state index contributed by atoms with van der Waals surface area (Å²) < 4.78 is 27.1. The molecular formula is C22H27N3O4S2. The Morgan fingerprint density at radius 1 is 1.13 bits per heavy atom. The van der Waals surface area contributed by atoms with Crippen molar-refractivity contribution in [2.24, 2.45) is 11.7 Å². The largest absolute Gasteiger partial charge is 0.365 e.